The Morgan fingerprint density at radius 3 is 2.55 bits per heavy atom. The smallest absolute Gasteiger partial charge is 0.325 e. The second-order valence-corrected chi connectivity index (χ2v) is 8.70. The number of amides is 5. The third kappa shape index (κ3) is 4.60. The summed E-state index contributed by atoms with van der Waals surface area (Å²) in [4.78, 5) is 52.1. The van der Waals surface area contributed by atoms with Crippen LogP contribution >= 0.6 is 0 Å². The van der Waals surface area contributed by atoms with E-state index < -0.39 is 24.0 Å². The minimum Gasteiger partial charge on any atom is -0.348 e. The van der Waals surface area contributed by atoms with Crippen molar-refractivity contribution in [1.29, 1.82) is 0 Å². The number of hydrogen-bond acceptors (Lipinski definition) is 4. The van der Waals surface area contributed by atoms with Crippen molar-refractivity contribution in [2.45, 2.75) is 44.7 Å². The molecule has 0 radical (unpaired) electrons. The van der Waals surface area contributed by atoms with Crippen LogP contribution < -0.4 is 16.0 Å². The highest BCUT2D eigenvalue weighted by molar-refractivity contribution is 6.11. The fraction of sp³-hybridized carbons (Fsp3) is 0.360. The minimum absolute atomic E-state index is 0.0183. The monoisotopic (exact) mass is 448 g/mol. The summed E-state index contributed by atoms with van der Waals surface area (Å²) < 4.78 is 0. The number of nitrogens with zero attached hydrogens (tertiary/aromatic N) is 1. The van der Waals surface area contributed by atoms with Crippen LogP contribution in [-0.4, -0.2) is 40.7 Å². The Morgan fingerprint density at radius 2 is 1.79 bits per heavy atom. The van der Waals surface area contributed by atoms with Crippen LogP contribution in [0.15, 0.2) is 54.6 Å². The molecule has 1 saturated heterocycles. The number of urea groups is 1. The summed E-state index contributed by atoms with van der Waals surface area (Å²) in [6, 6.07) is 15.6. The maximum atomic E-state index is 13.1. The molecule has 2 fully saturated rings. The number of rotatable bonds is 6. The zero-order valence-corrected chi connectivity index (χ0v) is 18.6. The van der Waals surface area contributed by atoms with Crippen molar-refractivity contribution < 1.29 is 19.2 Å². The fourth-order valence-electron chi connectivity index (χ4n) is 4.64. The van der Waals surface area contributed by atoms with Crippen molar-refractivity contribution in [3.05, 3.63) is 65.7 Å². The van der Waals surface area contributed by atoms with Crippen molar-refractivity contribution in [3.63, 3.8) is 0 Å². The summed E-state index contributed by atoms with van der Waals surface area (Å²) in [5.74, 6) is -1.20. The molecule has 2 aromatic carbocycles. The number of carbonyl (C=O) groups is 4. The first kappa shape index (κ1) is 22.5. The average molecular weight is 449 g/mol. The number of para-hydroxylation sites is 1. The van der Waals surface area contributed by atoms with Crippen molar-refractivity contribution in [2.75, 3.05) is 11.9 Å². The van der Waals surface area contributed by atoms with Gasteiger partial charge in [-0.25, -0.2) is 4.79 Å². The molecular weight excluding hydrogens is 420 g/mol. The summed E-state index contributed by atoms with van der Waals surface area (Å²) in [5, 5.41) is 8.37. The maximum Gasteiger partial charge on any atom is 0.325 e. The van der Waals surface area contributed by atoms with Gasteiger partial charge in [0, 0.05) is 6.54 Å². The van der Waals surface area contributed by atoms with Gasteiger partial charge in [-0.05, 0) is 36.5 Å². The Labute approximate surface area is 192 Å². The van der Waals surface area contributed by atoms with Crippen molar-refractivity contribution in [3.8, 4) is 0 Å². The molecule has 33 heavy (non-hydrogen) atoms. The van der Waals surface area contributed by atoms with Crippen LogP contribution in [-0.2, 0) is 16.1 Å². The van der Waals surface area contributed by atoms with E-state index in [1.165, 1.54) is 0 Å². The third-order valence-corrected chi connectivity index (χ3v) is 6.54. The molecule has 2 aromatic rings. The highest BCUT2D eigenvalue weighted by Crippen LogP contribution is 2.38. The Bertz CT molecular complexity index is 1070. The molecule has 2 aliphatic rings. The van der Waals surface area contributed by atoms with Crippen molar-refractivity contribution in [2.24, 2.45) is 5.92 Å². The molecule has 5 amide bonds. The van der Waals surface area contributed by atoms with Gasteiger partial charge < -0.3 is 16.0 Å². The molecule has 1 saturated carbocycles. The van der Waals surface area contributed by atoms with Crippen LogP contribution in [0.2, 0.25) is 0 Å². The lowest BCUT2D eigenvalue weighted by atomic mass is 9.73. The summed E-state index contributed by atoms with van der Waals surface area (Å²) in [6.45, 7) is 1.91. The van der Waals surface area contributed by atoms with Crippen molar-refractivity contribution in [1.82, 2.24) is 15.5 Å². The SMILES string of the molecule is C[C@H]1CCCC[C@@]12NC(=O)N(CC(=O)Nc1ccccc1C(=O)NCc1ccccc1)C2=O. The highest BCUT2D eigenvalue weighted by atomic mass is 16.2. The number of nitrogens with one attached hydrogen (secondary N) is 3. The Balaban J connectivity index is 1.41. The van der Waals surface area contributed by atoms with Gasteiger partial charge in [-0.3, -0.25) is 19.3 Å². The first-order valence-electron chi connectivity index (χ1n) is 11.3. The van der Waals surface area contributed by atoms with Gasteiger partial charge in [0.2, 0.25) is 5.91 Å². The van der Waals surface area contributed by atoms with E-state index in [0.29, 0.717) is 24.2 Å². The fourth-order valence-corrected chi connectivity index (χ4v) is 4.64. The maximum absolute atomic E-state index is 13.1. The number of anilines is 1. The zero-order valence-electron chi connectivity index (χ0n) is 18.6. The quantitative estimate of drug-likeness (QED) is 0.590. The van der Waals surface area contributed by atoms with Gasteiger partial charge in [0.25, 0.3) is 11.8 Å². The zero-order chi connectivity index (χ0) is 23.4. The number of hydrogen-bond donors (Lipinski definition) is 3. The molecule has 1 aliphatic carbocycles. The van der Waals surface area contributed by atoms with Crippen LogP contribution in [0, 0.1) is 5.92 Å². The predicted octanol–water partition coefficient (Wildman–Crippen LogP) is 3.06. The van der Waals surface area contributed by atoms with Crippen molar-refractivity contribution >= 4 is 29.4 Å². The lowest BCUT2D eigenvalue weighted by molar-refractivity contribution is -0.136. The molecular formula is C25H28N4O4. The lowest BCUT2D eigenvalue weighted by Gasteiger charge is -2.36. The second kappa shape index (κ2) is 9.44. The van der Waals surface area contributed by atoms with Crippen LogP contribution in [0.5, 0.6) is 0 Å². The largest absolute Gasteiger partial charge is 0.348 e. The first-order valence-corrected chi connectivity index (χ1v) is 11.3. The Hall–Kier alpha value is -3.68. The Morgan fingerprint density at radius 1 is 1.06 bits per heavy atom. The molecule has 8 nitrogen and oxygen atoms in total. The van der Waals surface area contributed by atoms with E-state index in [1.807, 2.05) is 37.3 Å². The van der Waals surface area contributed by atoms with Crippen LogP contribution in [0.3, 0.4) is 0 Å². The third-order valence-electron chi connectivity index (χ3n) is 6.54. The second-order valence-electron chi connectivity index (χ2n) is 8.70. The van der Waals surface area contributed by atoms with Gasteiger partial charge >= 0.3 is 6.03 Å². The molecule has 1 heterocycles. The molecule has 0 bridgehead atoms. The number of carbonyl (C=O) groups excluding carboxylic acids is 4. The van der Waals surface area contributed by atoms with E-state index >= 15 is 0 Å². The number of imide groups is 1. The molecule has 1 aliphatic heterocycles. The lowest BCUT2D eigenvalue weighted by Crippen LogP contribution is -2.54. The van der Waals surface area contributed by atoms with Gasteiger partial charge in [-0.15, -0.1) is 0 Å². The van der Waals surface area contributed by atoms with Gasteiger partial charge in [0.05, 0.1) is 11.3 Å². The normalized spacial score (nSPS) is 22.2. The summed E-state index contributed by atoms with van der Waals surface area (Å²) in [6.07, 6.45) is 3.33. The number of benzene rings is 2. The summed E-state index contributed by atoms with van der Waals surface area (Å²) >= 11 is 0. The standard InChI is InChI=1S/C25H28N4O4/c1-17-9-7-8-14-25(17)23(32)29(24(33)28-25)16-21(30)27-20-13-6-5-12-19(20)22(31)26-15-18-10-3-2-4-11-18/h2-6,10-13,17H,7-9,14-16H2,1H3,(H,26,31)(H,27,30)(H,28,33)/t17-,25+/m0/s1. The van der Waals surface area contributed by atoms with E-state index in [2.05, 4.69) is 16.0 Å². The van der Waals surface area contributed by atoms with E-state index in [9.17, 15) is 19.2 Å². The molecule has 2 atom stereocenters. The van der Waals surface area contributed by atoms with Gasteiger partial charge in [0.1, 0.15) is 12.1 Å². The summed E-state index contributed by atoms with van der Waals surface area (Å²) in [5.41, 5.74) is 0.666. The van der Waals surface area contributed by atoms with Gasteiger partial charge in [-0.1, -0.05) is 62.2 Å². The van der Waals surface area contributed by atoms with Crippen LogP contribution in [0.1, 0.15) is 48.5 Å². The van der Waals surface area contributed by atoms with E-state index in [0.717, 1.165) is 29.7 Å². The molecule has 8 heteroatoms. The molecule has 172 valence electrons. The van der Waals surface area contributed by atoms with E-state index in [-0.39, 0.29) is 17.7 Å². The average Bonchev–Trinajstić information content (AvgIpc) is 3.05. The topological polar surface area (TPSA) is 108 Å². The molecule has 4 rings (SSSR count). The first-order chi connectivity index (χ1) is 15.9. The highest BCUT2D eigenvalue weighted by Gasteiger charge is 2.55. The van der Waals surface area contributed by atoms with Gasteiger partial charge in [-0.2, -0.15) is 0 Å². The van der Waals surface area contributed by atoms with E-state index in [4.69, 9.17) is 0 Å². The predicted molar refractivity (Wildman–Crippen MR) is 123 cm³/mol. The molecule has 0 unspecified atom stereocenters. The Kier molecular flexibility index (Phi) is 6.44. The van der Waals surface area contributed by atoms with Crippen LogP contribution in [0.4, 0.5) is 10.5 Å². The minimum atomic E-state index is -0.912. The van der Waals surface area contributed by atoms with Gasteiger partial charge in [0.15, 0.2) is 0 Å². The molecule has 3 N–H and O–H groups in total. The van der Waals surface area contributed by atoms with Crippen LogP contribution in [0.25, 0.3) is 0 Å². The summed E-state index contributed by atoms with van der Waals surface area (Å²) in [7, 11) is 0. The van der Waals surface area contributed by atoms with E-state index in [1.54, 1.807) is 24.3 Å². The molecule has 0 aromatic heterocycles. The molecule has 1 spiro atoms.